The molecule has 1 aromatic carbocycles. The quantitative estimate of drug-likeness (QED) is 0.774. The van der Waals surface area contributed by atoms with Gasteiger partial charge in [-0.05, 0) is 41.6 Å². The molecule has 2 aromatic rings. The fraction of sp³-hybridized carbons (Fsp3) is 0.0909. The second-order valence-corrected chi connectivity index (χ2v) is 4.42. The van der Waals surface area contributed by atoms with E-state index in [1.54, 1.807) is 23.5 Å². The molecule has 0 aliphatic rings. The standard InChI is InChI=1S/C11H9ClOS/c1-7-2-3-8(13)6-9(7)11-10(12)4-5-14-11/h2-6,13H,1H3. The largest absolute Gasteiger partial charge is 0.508 e. The molecule has 3 heteroatoms. The van der Waals surface area contributed by atoms with Crippen molar-refractivity contribution in [1.82, 2.24) is 0 Å². The van der Waals surface area contributed by atoms with E-state index in [1.807, 2.05) is 24.4 Å². The van der Waals surface area contributed by atoms with E-state index in [-0.39, 0.29) is 5.75 Å². The average molecular weight is 225 g/mol. The van der Waals surface area contributed by atoms with Gasteiger partial charge in [-0.3, -0.25) is 0 Å². The maximum Gasteiger partial charge on any atom is 0.116 e. The molecule has 0 atom stereocenters. The van der Waals surface area contributed by atoms with Crippen molar-refractivity contribution in [2.45, 2.75) is 6.92 Å². The minimum absolute atomic E-state index is 0.273. The van der Waals surface area contributed by atoms with Crippen LogP contribution in [0.5, 0.6) is 5.75 Å². The van der Waals surface area contributed by atoms with Gasteiger partial charge in [0, 0.05) is 0 Å². The number of hydrogen-bond donors (Lipinski definition) is 1. The van der Waals surface area contributed by atoms with Gasteiger partial charge in [0.2, 0.25) is 0 Å². The number of phenols is 1. The lowest BCUT2D eigenvalue weighted by Gasteiger charge is -2.04. The molecule has 0 saturated heterocycles. The van der Waals surface area contributed by atoms with Crippen molar-refractivity contribution < 1.29 is 5.11 Å². The van der Waals surface area contributed by atoms with Gasteiger partial charge in [0.25, 0.3) is 0 Å². The third-order valence-electron chi connectivity index (χ3n) is 2.08. The van der Waals surface area contributed by atoms with Gasteiger partial charge < -0.3 is 5.11 Å². The highest BCUT2D eigenvalue weighted by atomic mass is 35.5. The Labute approximate surface area is 91.6 Å². The zero-order valence-corrected chi connectivity index (χ0v) is 9.19. The second kappa shape index (κ2) is 3.64. The van der Waals surface area contributed by atoms with Crippen LogP contribution in [0.25, 0.3) is 10.4 Å². The van der Waals surface area contributed by atoms with Crippen LogP contribution in [0.15, 0.2) is 29.6 Å². The van der Waals surface area contributed by atoms with Gasteiger partial charge in [-0.15, -0.1) is 11.3 Å². The molecule has 0 aliphatic heterocycles. The van der Waals surface area contributed by atoms with Crippen LogP contribution in [0.4, 0.5) is 0 Å². The maximum atomic E-state index is 9.39. The Kier molecular flexibility index (Phi) is 2.48. The Balaban J connectivity index is 2.62. The SMILES string of the molecule is Cc1ccc(O)cc1-c1sccc1Cl. The Bertz CT molecular complexity index is 462. The van der Waals surface area contributed by atoms with Crippen LogP contribution in [-0.2, 0) is 0 Å². The predicted octanol–water partition coefficient (Wildman–Crippen LogP) is 4.08. The lowest BCUT2D eigenvalue weighted by atomic mass is 10.1. The molecule has 0 bridgehead atoms. The lowest BCUT2D eigenvalue weighted by Crippen LogP contribution is -1.79. The summed E-state index contributed by atoms with van der Waals surface area (Å²) in [6.07, 6.45) is 0. The Morgan fingerprint density at radius 3 is 2.71 bits per heavy atom. The van der Waals surface area contributed by atoms with E-state index in [2.05, 4.69) is 0 Å². The molecular formula is C11H9ClOS. The smallest absolute Gasteiger partial charge is 0.116 e. The van der Waals surface area contributed by atoms with Crippen LogP contribution in [0, 0.1) is 6.92 Å². The predicted molar refractivity (Wildman–Crippen MR) is 61.2 cm³/mol. The molecule has 0 saturated carbocycles. The first kappa shape index (κ1) is 9.56. The Morgan fingerprint density at radius 2 is 2.07 bits per heavy atom. The molecule has 14 heavy (non-hydrogen) atoms. The first-order valence-corrected chi connectivity index (χ1v) is 5.47. The van der Waals surface area contributed by atoms with Gasteiger partial charge in [-0.1, -0.05) is 17.7 Å². The van der Waals surface area contributed by atoms with Gasteiger partial charge >= 0.3 is 0 Å². The van der Waals surface area contributed by atoms with Gasteiger partial charge in [0.15, 0.2) is 0 Å². The number of aromatic hydroxyl groups is 1. The summed E-state index contributed by atoms with van der Waals surface area (Å²) in [5.74, 6) is 0.273. The average Bonchev–Trinajstić information content (AvgIpc) is 2.56. The van der Waals surface area contributed by atoms with Crippen molar-refractivity contribution in [1.29, 1.82) is 0 Å². The van der Waals surface area contributed by atoms with Crippen LogP contribution >= 0.6 is 22.9 Å². The van der Waals surface area contributed by atoms with Crippen LogP contribution in [0.2, 0.25) is 5.02 Å². The zero-order valence-electron chi connectivity index (χ0n) is 7.62. The highest BCUT2D eigenvalue weighted by Gasteiger charge is 2.08. The van der Waals surface area contributed by atoms with E-state index >= 15 is 0 Å². The molecule has 0 amide bonds. The molecule has 0 aliphatic carbocycles. The zero-order chi connectivity index (χ0) is 10.1. The van der Waals surface area contributed by atoms with E-state index in [4.69, 9.17) is 11.6 Å². The number of rotatable bonds is 1. The lowest BCUT2D eigenvalue weighted by molar-refractivity contribution is 0.475. The van der Waals surface area contributed by atoms with Crippen molar-refractivity contribution in [3.05, 3.63) is 40.2 Å². The number of aryl methyl sites for hydroxylation is 1. The minimum atomic E-state index is 0.273. The normalized spacial score (nSPS) is 10.4. The van der Waals surface area contributed by atoms with Crippen molar-refractivity contribution in [3.63, 3.8) is 0 Å². The second-order valence-electron chi connectivity index (χ2n) is 3.10. The summed E-state index contributed by atoms with van der Waals surface area (Å²) in [5.41, 5.74) is 2.12. The molecule has 0 fully saturated rings. The number of benzene rings is 1. The third kappa shape index (κ3) is 1.63. The summed E-state index contributed by atoms with van der Waals surface area (Å²) in [6, 6.07) is 7.18. The van der Waals surface area contributed by atoms with E-state index in [1.165, 1.54) is 0 Å². The van der Waals surface area contributed by atoms with E-state index < -0.39 is 0 Å². The van der Waals surface area contributed by atoms with Crippen molar-refractivity contribution in [2.75, 3.05) is 0 Å². The van der Waals surface area contributed by atoms with E-state index in [0.717, 1.165) is 21.0 Å². The molecule has 2 rings (SSSR count). The first-order valence-electron chi connectivity index (χ1n) is 4.21. The fourth-order valence-corrected chi connectivity index (χ4v) is 2.58. The number of halogens is 1. The Hall–Kier alpha value is -0.990. The number of phenolic OH excluding ortho intramolecular Hbond substituents is 1. The van der Waals surface area contributed by atoms with Gasteiger partial charge in [-0.25, -0.2) is 0 Å². The molecule has 72 valence electrons. The molecule has 1 heterocycles. The van der Waals surface area contributed by atoms with Crippen LogP contribution in [-0.4, -0.2) is 5.11 Å². The van der Waals surface area contributed by atoms with E-state index in [9.17, 15) is 5.11 Å². The van der Waals surface area contributed by atoms with Crippen molar-refractivity contribution in [3.8, 4) is 16.2 Å². The summed E-state index contributed by atoms with van der Waals surface area (Å²) in [4.78, 5) is 1.01. The van der Waals surface area contributed by atoms with Gasteiger partial charge in [0.1, 0.15) is 5.75 Å². The summed E-state index contributed by atoms with van der Waals surface area (Å²) in [6.45, 7) is 2.00. The summed E-state index contributed by atoms with van der Waals surface area (Å²) >= 11 is 7.61. The highest BCUT2D eigenvalue weighted by Crippen LogP contribution is 2.36. The molecule has 1 aromatic heterocycles. The minimum Gasteiger partial charge on any atom is -0.508 e. The van der Waals surface area contributed by atoms with Crippen molar-refractivity contribution >= 4 is 22.9 Å². The summed E-state index contributed by atoms with van der Waals surface area (Å²) in [7, 11) is 0. The molecule has 1 nitrogen and oxygen atoms in total. The van der Waals surface area contributed by atoms with Gasteiger partial charge in [0.05, 0.1) is 9.90 Å². The summed E-state index contributed by atoms with van der Waals surface area (Å²) < 4.78 is 0. The molecule has 0 radical (unpaired) electrons. The number of hydrogen-bond acceptors (Lipinski definition) is 2. The summed E-state index contributed by atoms with van der Waals surface area (Å²) in [5, 5.41) is 12.1. The number of thiophene rings is 1. The topological polar surface area (TPSA) is 20.2 Å². The first-order chi connectivity index (χ1) is 6.68. The van der Waals surface area contributed by atoms with Crippen LogP contribution in [0.3, 0.4) is 0 Å². The maximum absolute atomic E-state index is 9.39. The van der Waals surface area contributed by atoms with Crippen molar-refractivity contribution in [2.24, 2.45) is 0 Å². The molecule has 1 N–H and O–H groups in total. The van der Waals surface area contributed by atoms with Crippen LogP contribution < -0.4 is 0 Å². The molecular weight excluding hydrogens is 216 g/mol. The third-order valence-corrected chi connectivity index (χ3v) is 3.46. The monoisotopic (exact) mass is 224 g/mol. The molecule has 0 spiro atoms. The fourth-order valence-electron chi connectivity index (χ4n) is 1.34. The molecule has 0 unspecified atom stereocenters. The Morgan fingerprint density at radius 1 is 1.29 bits per heavy atom. The van der Waals surface area contributed by atoms with E-state index in [0.29, 0.717) is 0 Å². The highest BCUT2D eigenvalue weighted by molar-refractivity contribution is 7.14. The van der Waals surface area contributed by atoms with Crippen LogP contribution in [0.1, 0.15) is 5.56 Å². The van der Waals surface area contributed by atoms with Gasteiger partial charge in [-0.2, -0.15) is 0 Å².